The molecular weight excluding hydrogens is 354 g/mol. The van der Waals surface area contributed by atoms with Crippen LogP contribution >= 0.6 is 0 Å². The molecule has 1 saturated carbocycles. The van der Waals surface area contributed by atoms with Crippen LogP contribution in [0.4, 0.5) is 0 Å². The van der Waals surface area contributed by atoms with Crippen molar-refractivity contribution >= 4 is 11.9 Å². The number of aliphatic imine (C=N–C) groups is 1. The van der Waals surface area contributed by atoms with Crippen LogP contribution in [-0.4, -0.2) is 74.8 Å². The van der Waals surface area contributed by atoms with Gasteiger partial charge in [-0.25, -0.2) is 0 Å². The molecule has 0 radical (unpaired) electrons. The minimum atomic E-state index is 0.173. The van der Waals surface area contributed by atoms with Crippen LogP contribution < -0.4 is 16.0 Å². The van der Waals surface area contributed by atoms with Crippen LogP contribution in [0.2, 0.25) is 0 Å². The number of carbonyl (C=O) groups excluding carboxylic acids is 1. The highest BCUT2D eigenvalue weighted by atomic mass is 16.5. The van der Waals surface area contributed by atoms with E-state index in [1.54, 1.807) is 0 Å². The van der Waals surface area contributed by atoms with Crippen molar-refractivity contribution in [2.24, 2.45) is 10.9 Å². The zero-order valence-corrected chi connectivity index (χ0v) is 18.1. The number of amides is 1. The number of hydrogen-bond donors (Lipinski definition) is 3. The van der Waals surface area contributed by atoms with Gasteiger partial charge in [0.2, 0.25) is 5.91 Å². The van der Waals surface area contributed by atoms with Crippen LogP contribution in [0.25, 0.3) is 0 Å². The van der Waals surface area contributed by atoms with Crippen LogP contribution in [-0.2, 0) is 9.53 Å². The first-order valence-electron chi connectivity index (χ1n) is 11.3. The summed E-state index contributed by atoms with van der Waals surface area (Å²) >= 11 is 0. The smallest absolute Gasteiger partial charge is 0.220 e. The lowest BCUT2D eigenvalue weighted by atomic mass is 9.92. The fourth-order valence-corrected chi connectivity index (χ4v) is 3.81. The summed E-state index contributed by atoms with van der Waals surface area (Å²) in [4.78, 5) is 19.2. The average Bonchev–Trinajstić information content (AvgIpc) is 3.52. The van der Waals surface area contributed by atoms with E-state index in [2.05, 4.69) is 41.6 Å². The Morgan fingerprint density at radius 2 is 1.86 bits per heavy atom. The second-order valence-electron chi connectivity index (χ2n) is 7.88. The normalized spacial score (nSPS) is 19.5. The Morgan fingerprint density at radius 3 is 2.46 bits per heavy atom. The Morgan fingerprint density at radius 1 is 1.14 bits per heavy atom. The third-order valence-electron chi connectivity index (χ3n) is 5.70. The van der Waals surface area contributed by atoms with Crippen LogP contribution in [0, 0.1) is 5.92 Å². The molecule has 0 aromatic heterocycles. The van der Waals surface area contributed by atoms with Gasteiger partial charge < -0.3 is 20.7 Å². The molecule has 3 N–H and O–H groups in total. The van der Waals surface area contributed by atoms with Gasteiger partial charge in [0.05, 0.1) is 19.8 Å². The summed E-state index contributed by atoms with van der Waals surface area (Å²) in [6.45, 7) is 12.7. The van der Waals surface area contributed by atoms with E-state index in [1.807, 2.05) is 0 Å². The van der Waals surface area contributed by atoms with E-state index in [4.69, 9.17) is 9.73 Å². The number of rotatable bonds is 12. The average molecular weight is 396 g/mol. The Labute approximate surface area is 171 Å². The summed E-state index contributed by atoms with van der Waals surface area (Å²) in [5.74, 6) is 1.68. The highest BCUT2D eigenvalue weighted by Gasteiger charge is 2.27. The Hall–Kier alpha value is -1.34. The monoisotopic (exact) mass is 395 g/mol. The van der Waals surface area contributed by atoms with Crippen molar-refractivity contribution in [1.29, 1.82) is 0 Å². The zero-order chi connectivity index (χ0) is 20.2. The van der Waals surface area contributed by atoms with E-state index in [-0.39, 0.29) is 5.91 Å². The molecule has 2 rings (SSSR count). The lowest BCUT2D eigenvalue weighted by Gasteiger charge is -2.38. The molecule has 1 aliphatic carbocycles. The largest absolute Gasteiger partial charge is 0.379 e. The van der Waals surface area contributed by atoms with Gasteiger partial charge in [0.25, 0.3) is 0 Å². The molecule has 2 aliphatic rings. The zero-order valence-electron chi connectivity index (χ0n) is 18.1. The predicted octanol–water partition coefficient (Wildman–Crippen LogP) is 1.74. The van der Waals surface area contributed by atoms with Gasteiger partial charge in [0.1, 0.15) is 0 Å². The first-order valence-corrected chi connectivity index (χ1v) is 11.3. The van der Waals surface area contributed by atoms with Crippen molar-refractivity contribution < 1.29 is 9.53 Å². The van der Waals surface area contributed by atoms with Crippen molar-refractivity contribution in [2.45, 2.75) is 71.4 Å². The fourth-order valence-electron chi connectivity index (χ4n) is 3.81. The molecule has 2 fully saturated rings. The molecule has 1 atom stereocenters. The van der Waals surface area contributed by atoms with Crippen molar-refractivity contribution in [2.75, 3.05) is 45.9 Å². The van der Waals surface area contributed by atoms with E-state index in [9.17, 15) is 4.79 Å². The van der Waals surface area contributed by atoms with E-state index in [0.717, 1.165) is 71.2 Å². The van der Waals surface area contributed by atoms with E-state index < -0.39 is 0 Å². The van der Waals surface area contributed by atoms with Gasteiger partial charge in [0.15, 0.2) is 5.96 Å². The molecule has 0 aromatic carbocycles. The van der Waals surface area contributed by atoms with E-state index in [1.165, 1.54) is 12.8 Å². The Kier molecular flexibility index (Phi) is 10.6. The fraction of sp³-hybridized carbons (Fsp3) is 0.905. The first-order chi connectivity index (χ1) is 13.7. The Balaban J connectivity index is 1.82. The molecular formula is C21H41N5O2. The summed E-state index contributed by atoms with van der Waals surface area (Å²) in [6.07, 6.45) is 6.03. The number of nitrogens with one attached hydrogen (secondary N) is 3. The van der Waals surface area contributed by atoms with Gasteiger partial charge in [-0.2, -0.15) is 0 Å². The number of morpholine rings is 1. The third-order valence-corrected chi connectivity index (χ3v) is 5.70. The maximum Gasteiger partial charge on any atom is 0.220 e. The third kappa shape index (κ3) is 8.35. The Bertz CT molecular complexity index is 471. The number of carbonyl (C=O) groups is 1. The van der Waals surface area contributed by atoms with Crippen LogP contribution in [0.1, 0.15) is 59.3 Å². The van der Waals surface area contributed by atoms with E-state index >= 15 is 0 Å². The minimum Gasteiger partial charge on any atom is -0.379 e. The SMILES string of the molecule is CCNC(=NCC(C(CC)CC)N1CCOCC1)NCCCC(=O)NC1CC1. The number of nitrogens with zero attached hydrogens (tertiary/aromatic N) is 2. The van der Waals surface area contributed by atoms with Crippen LogP contribution in [0.15, 0.2) is 4.99 Å². The van der Waals surface area contributed by atoms with Gasteiger partial charge in [0, 0.05) is 44.7 Å². The quantitative estimate of drug-likeness (QED) is 0.267. The predicted molar refractivity (Wildman–Crippen MR) is 115 cm³/mol. The van der Waals surface area contributed by atoms with Gasteiger partial charge in [-0.1, -0.05) is 26.7 Å². The van der Waals surface area contributed by atoms with E-state index in [0.29, 0.717) is 24.4 Å². The van der Waals surface area contributed by atoms with Crippen molar-refractivity contribution in [3.05, 3.63) is 0 Å². The second kappa shape index (κ2) is 13.0. The minimum absolute atomic E-state index is 0.173. The molecule has 1 heterocycles. The van der Waals surface area contributed by atoms with Crippen molar-refractivity contribution in [3.8, 4) is 0 Å². The molecule has 7 heteroatoms. The second-order valence-corrected chi connectivity index (χ2v) is 7.88. The highest BCUT2D eigenvalue weighted by Crippen LogP contribution is 2.20. The molecule has 0 spiro atoms. The number of ether oxygens (including phenoxy) is 1. The maximum atomic E-state index is 11.8. The van der Waals surface area contributed by atoms with Gasteiger partial charge in [-0.3, -0.25) is 14.7 Å². The summed E-state index contributed by atoms with van der Waals surface area (Å²) < 4.78 is 5.54. The molecule has 1 unspecified atom stereocenters. The molecule has 7 nitrogen and oxygen atoms in total. The van der Waals surface area contributed by atoms with Gasteiger partial charge >= 0.3 is 0 Å². The van der Waals surface area contributed by atoms with Crippen LogP contribution in [0.5, 0.6) is 0 Å². The summed E-state index contributed by atoms with van der Waals surface area (Å²) in [5.41, 5.74) is 0. The maximum absolute atomic E-state index is 11.8. The van der Waals surface area contributed by atoms with Gasteiger partial charge in [-0.15, -0.1) is 0 Å². The van der Waals surface area contributed by atoms with Crippen molar-refractivity contribution in [3.63, 3.8) is 0 Å². The number of hydrogen-bond acceptors (Lipinski definition) is 4. The summed E-state index contributed by atoms with van der Waals surface area (Å²) in [7, 11) is 0. The lowest BCUT2D eigenvalue weighted by molar-refractivity contribution is -0.121. The topological polar surface area (TPSA) is 78.0 Å². The van der Waals surface area contributed by atoms with Crippen LogP contribution in [0.3, 0.4) is 0 Å². The molecule has 1 amide bonds. The molecule has 0 bridgehead atoms. The standard InChI is InChI=1S/C21H41N5O2/c1-4-17(5-2)19(26-12-14-28-15-13-26)16-24-21(22-6-3)23-11-7-8-20(27)25-18-9-10-18/h17-19H,4-16H2,1-3H3,(H,25,27)(H2,22,23,24). The lowest BCUT2D eigenvalue weighted by Crippen LogP contribution is -2.49. The molecule has 162 valence electrons. The first kappa shape index (κ1) is 22.9. The summed E-state index contributed by atoms with van der Waals surface area (Å²) in [6, 6.07) is 0.903. The highest BCUT2D eigenvalue weighted by molar-refractivity contribution is 5.80. The summed E-state index contributed by atoms with van der Waals surface area (Å²) in [5, 5.41) is 9.78. The van der Waals surface area contributed by atoms with Gasteiger partial charge in [-0.05, 0) is 32.1 Å². The molecule has 0 aromatic rings. The number of guanidine groups is 1. The molecule has 1 saturated heterocycles. The van der Waals surface area contributed by atoms with Crippen molar-refractivity contribution in [1.82, 2.24) is 20.9 Å². The molecule has 1 aliphatic heterocycles. The molecule has 28 heavy (non-hydrogen) atoms.